The highest BCUT2D eigenvalue weighted by molar-refractivity contribution is 5.94. The number of rotatable bonds is 5. The Labute approximate surface area is 169 Å². The van der Waals surface area contributed by atoms with Crippen LogP contribution in [0.1, 0.15) is 32.6 Å². The van der Waals surface area contributed by atoms with Crippen molar-refractivity contribution in [2.45, 2.75) is 27.3 Å². The topological polar surface area (TPSA) is 72.5 Å². The van der Waals surface area contributed by atoms with Gasteiger partial charge in [0.05, 0.1) is 17.4 Å². The van der Waals surface area contributed by atoms with Crippen LogP contribution in [0.2, 0.25) is 0 Å². The molecule has 0 fully saturated rings. The molecule has 0 bridgehead atoms. The second-order valence-corrected chi connectivity index (χ2v) is 7.23. The minimum absolute atomic E-state index is 0.184. The number of pyridine rings is 1. The van der Waals surface area contributed by atoms with Crippen LogP contribution < -0.4 is 20.1 Å². The number of benzene rings is 2. The molecule has 1 aliphatic rings. The van der Waals surface area contributed by atoms with Gasteiger partial charge in [0, 0.05) is 18.4 Å². The molecule has 2 heterocycles. The number of ether oxygens (including phenoxy) is 2. The molecular weight excluding hydrogens is 366 g/mol. The fraction of sp³-hybridized carbons (Fsp3) is 0.217. The normalized spacial score (nSPS) is 12.0. The van der Waals surface area contributed by atoms with Crippen molar-refractivity contribution >= 4 is 17.3 Å². The van der Waals surface area contributed by atoms with Crippen molar-refractivity contribution in [3.05, 3.63) is 76.6 Å². The first-order chi connectivity index (χ1) is 14.0. The van der Waals surface area contributed by atoms with Gasteiger partial charge >= 0.3 is 0 Å². The van der Waals surface area contributed by atoms with Crippen LogP contribution in [0.4, 0.5) is 11.4 Å². The van der Waals surface area contributed by atoms with Gasteiger partial charge in [-0.05, 0) is 55.7 Å². The molecule has 2 N–H and O–H groups in total. The van der Waals surface area contributed by atoms with Crippen LogP contribution in [0.5, 0.6) is 11.5 Å². The number of aryl methyl sites for hydroxylation is 3. The van der Waals surface area contributed by atoms with Gasteiger partial charge in [0.2, 0.25) is 6.79 Å². The molecule has 3 aromatic rings. The molecule has 0 saturated heterocycles. The number of aromatic nitrogens is 1. The Morgan fingerprint density at radius 2 is 1.76 bits per heavy atom. The molecule has 1 amide bonds. The summed E-state index contributed by atoms with van der Waals surface area (Å²) < 4.78 is 10.7. The van der Waals surface area contributed by atoms with E-state index in [2.05, 4.69) is 48.5 Å². The minimum atomic E-state index is -0.184. The van der Waals surface area contributed by atoms with E-state index in [1.807, 2.05) is 18.2 Å². The molecule has 148 valence electrons. The second-order valence-electron chi connectivity index (χ2n) is 7.23. The average Bonchev–Trinajstić information content (AvgIpc) is 3.17. The van der Waals surface area contributed by atoms with Crippen molar-refractivity contribution in [1.82, 2.24) is 10.3 Å². The summed E-state index contributed by atoms with van der Waals surface area (Å²) in [5, 5.41) is 6.32. The number of fused-ring (bicyclic) bond motifs is 1. The number of nitrogens with one attached hydrogen (secondary N) is 2. The Balaban J connectivity index is 1.45. The Kier molecular flexibility index (Phi) is 5.08. The van der Waals surface area contributed by atoms with Crippen LogP contribution in [0, 0.1) is 20.8 Å². The van der Waals surface area contributed by atoms with Gasteiger partial charge in [0.15, 0.2) is 11.5 Å². The molecule has 1 aromatic heterocycles. The summed E-state index contributed by atoms with van der Waals surface area (Å²) in [5.41, 5.74) is 6.78. The molecular formula is C23H23N3O3. The average molecular weight is 389 g/mol. The van der Waals surface area contributed by atoms with Crippen molar-refractivity contribution in [1.29, 1.82) is 0 Å². The number of anilines is 2. The van der Waals surface area contributed by atoms with Crippen LogP contribution in [0.25, 0.3) is 0 Å². The minimum Gasteiger partial charge on any atom is -0.454 e. The molecule has 6 nitrogen and oxygen atoms in total. The standard InChI is InChI=1S/C23H23N3O3/c1-14-6-15(2)22(16(3)7-14)26-19-9-18(11-24-12-19)23(27)25-10-17-4-5-20-21(8-17)29-13-28-20/h4-9,11-12,26H,10,13H2,1-3H3,(H,25,27). The van der Waals surface area contributed by atoms with Gasteiger partial charge in [-0.25, -0.2) is 0 Å². The first-order valence-electron chi connectivity index (χ1n) is 9.46. The van der Waals surface area contributed by atoms with Crippen LogP contribution in [0.3, 0.4) is 0 Å². The maximum Gasteiger partial charge on any atom is 0.253 e. The number of hydrogen-bond donors (Lipinski definition) is 2. The molecule has 0 aliphatic carbocycles. The molecule has 2 aromatic carbocycles. The van der Waals surface area contributed by atoms with Gasteiger partial charge in [0.25, 0.3) is 5.91 Å². The smallest absolute Gasteiger partial charge is 0.253 e. The van der Waals surface area contributed by atoms with E-state index >= 15 is 0 Å². The van der Waals surface area contributed by atoms with E-state index < -0.39 is 0 Å². The third-order valence-corrected chi connectivity index (χ3v) is 4.84. The van der Waals surface area contributed by atoms with E-state index in [4.69, 9.17) is 9.47 Å². The Hall–Kier alpha value is -3.54. The Morgan fingerprint density at radius 3 is 2.55 bits per heavy atom. The predicted octanol–water partition coefficient (Wildman–Crippen LogP) is 4.41. The predicted molar refractivity (Wildman–Crippen MR) is 112 cm³/mol. The second kappa shape index (κ2) is 7.83. The van der Waals surface area contributed by atoms with Crippen molar-refractivity contribution in [2.75, 3.05) is 12.1 Å². The van der Waals surface area contributed by atoms with E-state index in [0.29, 0.717) is 17.9 Å². The molecule has 0 saturated carbocycles. The summed E-state index contributed by atoms with van der Waals surface area (Å²) >= 11 is 0. The first kappa shape index (κ1) is 18.8. The summed E-state index contributed by atoms with van der Waals surface area (Å²) in [5.74, 6) is 1.24. The maximum absolute atomic E-state index is 12.6. The molecule has 1 aliphatic heterocycles. The van der Waals surface area contributed by atoms with E-state index in [9.17, 15) is 4.79 Å². The summed E-state index contributed by atoms with van der Waals surface area (Å²) in [4.78, 5) is 16.8. The Bertz CT molecular complexity index is 1060. The van der Waals surface area contributed by atoms with Gasteiger partial charge in [-0.2, -0.15) is 0 Å². The lowest BCUT2D eigenvalue weighted by Gasteiger charge is -2.14. The molecule has 0 spiro atoms. The van der Waals surface area contributed by atoms with Crippen LogP contribution in [-0.4, -0.2) is 17.7 Å². The van der Waals surface area contributed by atoms with Gasteiger partial charge in [-0.15, -0.1) is 0 Å². The highest BCUT2D eigenvalue weighted by Crippen LogP contribution is 2.32. The van der Waals surface area contributed by atoms with Crippen LogP contribution in [-0.2, 0) is 6.54 Å². The van der Waals surface area contributed by atoms with Crippen LogP contribution in [0.15, 0.2) is 48.8 Å². The molecule has 0 radical (unpaired) electrons. The Morgan fingerprint density at radius 1 is 1.00 bits per heavy atom. The third kappa shape index (κ3) is 4.16. The fourth-order valence-electron chi connectivity index (χ4n) is 3.49. The lowest BCUT2D eigenvalue weighted by atomic mass is 10.0. The SMILES string of the molecule is Cc1cc(C)c(Nc2cncc(C(=O)NCc3ccc4c(c3)OCO4)c2)c(C)c1. The summed E-state index contributed by atoms with van der Waals surface area (Å²) in [6, 6.07) is 11.7. The number of hydrogen-bond acceptors (Lipinski definition) is 5. The number of carbonyl (C=O) groups is 1. The highest BCUT2D eigenvalue weighted by atomic mass is 16.7. The third-order valence-electron chi connectivity index (χ3n) is 4.84. The van der Waals surface area contributed by atoms with E-state index in [-0.39, 0.29) is 12.7 Å². The monoisotopic (exact) mass is 389 g/mol. The van der Waals surface area contributed by atoms with E-state index in [0.717, 1.165) is 33.8 Å². The largest absolute Gasteiger partial charge is 0.454 e. The molecule has 0 atom stereocenters. The number of carbonyl (C=O) groups excluding carboxylic acids is 1. The van der Waals surface area contributed by atoms with Crippen molar-refractivity contribution < 1.29 is 14.3 Å². The summed E-state index contributed by atoms with van der Waals surface area (Å²) in [6.45, 7) is 6.84. The van der Waals surface area contributed by atoms with Gasteiger partial charge < -0.3 is 20.1 Å². The summed E-state index contributed by atoms with van der Waals surface area (Å²) in [6.07, 6.45) is 3.28. The lowest BCUT2D eigenvalue weighted by Crippen LogP contribution is -2.23. The van der Waals surface area contributed by atoms with Gasteiger partial charge in [-0.1, -0.05) is 23.8 Å². The fourth-order valence-corrected chi connectivity index (χ4v) is 3.49. The number of amides is 1. The van der Waals surface area contributed by atoms with E-state index in [1.54, 1.807) is 18.5 Å². The molecule has 4 rings (SSSR count). The summed E-state index contributed by atoms with van der Waals surface area (Å²) in [7, 11) is 0. The first-order valence-corrected chi connectivity index (χ1v) is 9.46. The van der Waals surface area contributed by atoms with Crippen LogP contribution >= 0.6 is 0 Å². The zero-order valence-corrected chi connectivity index (χ0v) is 16.7. The number of nitrogens with zero attached hydrogens (tertiary/aromatic N) is 1. The van der Waals surface area contributed by atoms with E-state index in [1.165, 1.54) is 5.56 Å². The highest BCUT2D eigenvalue weighted by Gasteiger charge is 2.14. The molecule has 29 heavy (non-hydrogen) atoms. The van der Waals surface area contributed by atoms with Gasteiger partial charge in [-0.3, -0.25) is 9.78 Å². The maximum atomic E-state index is 12.6. The quantitative estimate of drug-likeness (QED) is 0.676. The van der Waals surface area contributed by atoms with Crippen molar-refractivity contribution in [3.63, 3.8) is 0 Å². The zero-order chi connectivity index (χ0) is 20.4. The molecule has 0 unspecified atom stereocenters. The molecule has 6 heteroatoms. The van der Waals surface area contributed by atoms with Crippen molar-refractivity contribution in [2.24, 2.45) is 0 Å². The zero-order valence-electron chi connectivity index (χ0n) is 16.7. The lowest BCUT2D eigenvalue weighted by molar-refractivity contribution is 0.0950. The van der Waals surface area contributed by atoms with Crippen molar-refractivity contribution in [3.8, 4) is 11.5 Å². The van der Waals surface area contributed by atoms with Gasteiger partial charge in [0.1, 0.15) is 0 Å².